The maximum Gasteiger partial charge on any atom is 0.225 e. The van der Waals surface area contributed by atoms with Crippen LogP contribution >= 0.6 is 0 Å². The number of nitrogens with one attached hydrogen (secondary N) is 2. The Morgan fingerprint density at radius 3 is 3.29 bits per heavy atom. The fourth-order valence-corrected chi connectivity index (χ4v) is 3.37. The van der Waals surface area contributed by atoms with Crippen LogP contribution in [0.4, 0.5) is 5.82 Å². The van der Waals surface area contributed by atoms with Crippen molar-refractivity contribution in [2.24, 2.45) is 0 Å². The fraction of sp³-hybridized carbons (Fsp3) is 0.588. The summed E-state index contributed by atoms with van der Waals surface area (Å²) in [7, 11) is 0. The lowest BCUT2D eigenvalue weighted by Gasteiger charge is -2.28. The zero-order chi connectivity index (χ0) is 14.7. The summed E-state index contributed by atoms with van der Waals surface area (Å²) in [6.07, 6.45) is 10.8. The summed E-state index contributed by atoms with van der Waals surface area (Å²) in [6, 6.07) is 2.79. The molecule has 0 bridgehead atoms. The number of hydrogen-bond acceptors (Lipinski definition) is 2. The highest BCUT2D eigenvalue weighted by atomic mass is 16.1. The number of amides is 1. The van der Waals surface area contributed by atoms with Gasteiger partial charge in [0, 0.05) is 25.2 Å². The van der Waals surface area contributed by atoms with Crippen molar-refractivity contribution in [2.75, 3.05) is 18.4 Å². The lowest BCUT2D eigenvalue weighted by Crippen LogP contribution is -2.32. The average Bonchev–Trinajstić information content (AvgIpc) is 3.12. The molecule has 1 amide bonds. The Morgan fingerprint density at radius 1 is 1.52 bits per heavy atom. The first-order valence-electron chi connectivity index (χ1n) is 8.18. The second kappa shape index (κ2) is 6.48. The van der Waals surface area contributed by atoms with E-state index in [1.54, 1.807) is 0 Å². The van der Waals surface area contributed by atoms with E-state index >= 15 is 0 Å². The molecule has 4 nitrogen and oxygen atoms in total. The van der Waals surface area contributed by atoms with Gasteiger partial charge in [-0.1, -0.05) is 19.4 Å². The van der Waals surface area contributed by atoms with Crippen LogP contribution in [0.15, 0.2) is 18.3 Å². The van der Waals surface area contributed by atoms with E-state index in [1.807, 2.05) is 6.20 Å². The van der Waals surface area contributed by atoms with E-state index in [1.165, 1.54) is 30.5 Å². The second-order valence-corrected chi connectivity index (χ2v) is 6.18. The number of nitrogens with zero attached hydrogens (tertiary/aromatic N) is 1. The smallest absolute Gasteiger partial charge is 0.225 e. The van der Waals surface area contributed by atoms with Crippen molar-refractivity contribution in [3.05, 3.63) is 23.9 Å². The largest absolute Gasteiger partial charge is 0.348 e. The summed E-state index contributed by atoms with van der Waals surface area (Å²) < 4.78 is 0. The molecule has 4 heteroatoms. The minimum atomic E-state index is 0.102. The van der Waals surface area contributed by atoms with Gasteiger partial charge in [-0.2, -0.15) is 0 Å². The predicted molar refractivity (Wildman–Crippen MR) is 86.1 cm³/mol. The van der Waals surface area contributed by atoms with Crippen LogP contribution in [0.3, 0.4) is 0 Å². The molecule has 1 atom stereocenters. The number of unbranched alkanes of at least 4 members (excludes halogenated alkanes) is 1. The number of carbonyl (C=O) groups excluding carboxylic acids is 1. The van der Waals surface area contributed by atoms with Gasteiger partial charge in [0.15, 0.2) is 0 Å². The Balaban J connectivity index is 1.61. The minimum absolute atomic E-state index is 0.102. The minimum Gasteiger partial charge on any atom is -0.348 e. The highest BCUT2D eigenvalue weighted by Crippen LogP contribution is 2.32. The van der Waals surface area contributed by atoms with Crippen molar-refractivity contribution in [2.45, 2.75) is 51.5 Å². The van der Waals surface area contributed by atoms with Gasteiger partial charge in [0.05, 0.1) is 0 Å². The third kappa shape index (κ3) is 3.38. The number of anilines is 1. The molecule has 1 fully saturated rings. The Morgan fingerprint density at radius 2 is 2.43 bits per heavy atom. The fourth-order valence-electron chi connectivity index (χ4n) is 3.37. The molecule has 0 aliphatic carbocycles. The van der Waals surface area contributed by atoms with Crippen LogP contribution in [-0.4, -0.2) is 34.9 Å². The lowest BCUT2D eigenvalue weighted by molar-refractivity contribution is -0.116. The van der Waals surface area contributed by atoms with Crippen molar-refractivity contribution in [3.63, 3.8) is 0 Å². The number of fused-ring (bicyclic) bond motifs is 1. The number of rotatable bonds is 5. The highest BCUT2D eigenvalue weighted by molar-refractivity contribution is 5.90. The average molecular weight is 287 g/mol. The molecule has 2 N–H and O–H groups in total. The highest BCUT2D eigenvalue weighted by Gasteiger charge is 2.28. The normalized spacial score (nSPS) is 22.0. The van der Waals surface area contributed by atoms with Gasteiger partial charge in [-0.05, 0) is 49.4 Å². The SMILES string of the molecule is CCCCC(=O)Nc1cc(C2=CCN3CCCC3C2)c[nH]1. The number of aromatic nitrogens is 1. The Kier molecular flexibility index (Phi) is 4.44. The van der Waals surface area contributed by atoms with Gasteiger partial charge in [0.1, 0.15) is 5.82 Å². The quantitative estimate of drug-likeness (QED) is 0.872. The molecule has 1 aromatic heterocycles. The van der Waals surface area contributed by atoms with E-state index < -0.39 is 0 Å². The van der Waals surface area contributed by atoms with Crippen molar-refractivity contribution >= 4 is 17.3 Å². The van der Waals surface area contributed by atoms with Gasteiger partial charge in [0.2, 0.25) is 5.91 Å². The molecule has 21 heavy (non-hydrogen) atoms. The van der Waals surface area contributed by atoms with Gasteiger partial charge in [-0.3, -0.25) is 9.69 Å². The third-order valence-electron chi connectivity index (χ3n) is 4.61. The van der Waals surface area contributed by atoms with Crippen molar-refractivity contribution in [1.29, 1.82) is 0 Å². The summed E-state index contributed by atoms with van der Waals surface area (Å²) in [5.41, 5.74) is 2.65. The van der Waals surface area contributed by atoms with E-state index in [2.05, 4.69) is 34.3 Å². The zero-order valence-corrected chi connectivity index (χ0v) is 12.8. The molecule has 0 spiro atoms. The first kappa shape index (κ1) is 14.4. The van der Waals surface area contributed by atoms with Crippen LogP contribution < -0.4 is 5.32 Å². The van der Waals surface area contributed by atoms with Gasteiger partial charge >= 0.3 is 0 Å². The van der Waals surface area contributed by atoms with E-state index in [0.29, 0.717) is 6.42 Å². The van der Waals surface area contributed by atoms with Crippen LogP contribution in [0.25, 0.3) is 5.57 Å². The monoisotopic (exact) mass is 287 g/mol. The Hall–Kier alpha value is -1.55. The topological polar surface area (TPSA) is 48.1 Å². The van der Waals surface area contributed by atoms with E-state index in [9.17, 15) is 4.79 Å². The molecule has 0 radical (unpaired) electrons. The van der Waals surface area contributed by atoms with Crippen molar-refractivity contribution in [1.82, 2.24) is 9.88 Å². The summed E-state index contributed by atoms with van der Waals surface area (Å²) in [6.45, 7) is 4.42. The molecule has 1 unspecified atom stereocenters. The number of aromatic amines is 1. The van der Waals surface area contributed by atoms with Crippen LogP contribution in [0, 0.1) is 0 Å². The zero-order valence-electron chi connectivity index (χ0n) is 12.8. The van der Waals surface area contributed by atoms with Gasteiger partial charge < -0.3 is 10.3 Å². The summed E-state index contributed by atoms with van der Waals surface area (Å²) >= 11 is 0. The number of hydrogen-bond donors (Lipinski definition) is 2. The molecule has 1 aromatic rings. The third-order valence-corrected chi connectivity index (χ3v) is 4.61. The molecule has 114 valence electrons. The molecular formula is C17H25N3O. The molecule has 0 saturated carbocycles. The number of carbonyl (C=O) groups is 1. The van der Waals surface area contributed by atoms with Crippen LogP contribution in [-0.2, 0) is 4.79 Å². The number of H-pyrrole nitrogens is 1. The molecule has 1 saturated heterocycles. The van der Waals surface area contributed by atoms with E-state index in [4.69, 9.17) is 0 Å². The van der Waals surface area contributed by atoms with Crippen LogP contribution in [0.2, 0.25) is 0 Å². The first-order valence-corrected chi connectivity index (χ1v) is 8.18. The molecular weight excluding hydrogens is 262 g/mol. The maximum atomic E-state index is 11.8. The first-order chi connectivity index (χ1) is 10.3. The molecule has 2 aliphatic rings. The van der Waals surface area contributed by atoms with Gasteiger partial charge in [-0.15, -0.1) is 0 Å². The second-order valence-electron chi connectivity index (χ2n) is 6.18. The van der Waals surface area contributed by atoms with E-state index in [0.717, 1.165) is 37.7 Å². The molecule has 0 aromatic carbocycles. The maximum absolute atomic E-state index is 11.8. The molecule has 2 aliphatic heterocycles. The Bertz CT molecular complexity index is 532. The summed E-state index contributed by atoms with van der Waals surface area (Å²) in [4.78, 5) is 17.5. The predicted octanol–water partition coefficient (Wildman–Crippen LogP) is 3.39. The summed E-state index contributed by atoms with van der Waals surface area (Å²) in [5, 5.41) is 2.95. The van der Waals surface area contributed by atoms with Crippen LogP contribution in [0.5, 0.6) is 0 Å². The molecule has 3 heterocycles. The Labute approximate surface area is 126 Å². The van der Waals surface area contributed by atoms with E-state index in [-0.39, 0.29) is 5.91 Å². The van der Waals surface area contributed by atoms with Crippen molar-refractivity contribution in [3.8, 4) is 0 Å². The van der Waals surface area contributed by atoms with Gasteiger partial charge in [-0.25, -0.2) is 0 Å². The van der Waals surface area contributed by atoms with Crippen molar-refractivity contribution < 1.29 is 4.79 Å². The summed E-state index contributed by atoms with van der Waals surface area (Å²) in [5.74, 6) is 0.922. The standard InChI is InChI=1S/C17H25N3O/c1-2-3-6-17(21)19-16-11-14(12-18-16)13-7-9-20-8-4-5-15(20)10-13/h7,11-12,15,18H,2-6,8-10H2,1H3,(H,19,21). The van der Waals surface area contributed by atoms with Gasteiger partial charge in [0.25, 0.3) is 0 Å². The van der Waals surface area contributed by atoms with Crippen LogP contribution in [0.1, 0.15) is 51.0 Å². The lowest BCUT2D eigenvalue weighted by atomic mass is 9.96. The molecule has 3 rings (SSSR count).